The lowest BCUT2D eigenvalue weighted by atomic mass is 9.40. The average Bonchev–Trinajstić information content (AvgIpc) is 3.85. The molecule has 0 aromatic rings. The lowest BCUT2D eigenvalue weighted by molar-refractivity contribution is -0.315. The van der Waals surface area contributed by atoms with Crippen LogP contribution in [0.5, 0.6) is 0 Å². The normalized spacial score (nSPS) is 63.3. The number of aliphatic hydroxyl groups excluding tert-OH is 4. The average molecular weight is 677 g/mol. The van der Waals surface area contributed by atoms with Gasteiger partial charge in [0.1, 0.15) is 36.1 Å². The molecule has 9 rings (SSSR count). The van der Waals surface area contributed by atoms with Crippen molar-refractivity contribution in [3.05, 3.63) is 0 Å². The van der Waals surface area contributed by atoms with Crippen molar-refractivity contribution in [2.24, 2.45) is 50.7 Å². The van der Waals surface area contributed by atoms with Gasteiger partial charge in [0.2, 0.25) is 0 Å². The Morgan fingerprint density at radius 2 is 1.58 bits per heavy atom. The van der Waals surface area contributed by atoms with Crippen molar-refractivity contribution >= 4 is 5.97 Å². The number of epoxide rings is 1. The molecule has 3 spiro atoms. The molecule has 4 saturated heterocycles. The third-order valence-electron chi connectivity index (χ3n) is 16.7. The van der Waals surface area contributed by atoms with Crippen LogP contribution in [-0.4, -0.2) is 106 Å². The van der Waals surface area contributed by atoms with Crippen LogP contribution < -0.4 is 0 Å². The number of hydrogen-bond donors (Lipinski definition) is 4. The molecule has 9 aliphatic rings. The van der Waals surface area contributed by atoms with E-state index < -0.39 is 53.4 Å². The summed E-state index contributed by atoms with van der Waals surface area (Å²) in [4.78, 5) is 12.9. The van der Waals surface area contributed by atoms with Crippen molar-refractivity contribution in [2.75, 3.05) is 13.2 Å². The van der Waals surface area contributed by atoms with Crippen LogP contribution in [0.3, 0.4) is 0 Å². The molecule has 11 heteroatoms. The first kappa shape index (κ1) is 33.0. The van der Waals surface area contributed by atoms with Crippen LogP contribution in [0, 0.1) is 50.7 Å². The van der Waals surface area contributed by atoms with Gasteiger partial charge in [-0.25, -0.2) is 0 Å². The van der Waals surface area contributed by atoms with E-state index in [9.17, 15) is 25.2 Å². The number of fused-ring (bicyclic) bond motifs is 6. The molecule has 5 aliphatic carbocycles. The van der Waals surface area contributed by atoms with Crippen molar-refractivity contribution in [1.82, 2.24) is 0 Å². The molecule has 0 unspecified atom stereocenters. The van der Waals surface area contributed by atoms with Crippen molar-refractivity contribution in [1.29, 1.82) is 0 Å². The number of carbonyl (C=O) groups is 1. The van der Waals surface area contributed by atoms with Crippen molar-refractivity contribution in [3.63, 3.8) is 0 Å². The number of carbonyl (C=O) groups excluding carboxylic acids is 1. The van der Waals surface area contributed by atoms with Gasteiger partial charge in [-0.1, -0.05) is 34.6 Å². The van der Waals surface area contributed by atoms with Gasteiger partial charge in [-0.2, -0.15) is 0 Å². The van der Waals surface area contributed by atoms with Gasteiger partial charge >= 0.3 is 5.97 Å². The summed E-state index contributed by atoms with van der Waals surface area (Å²) in [6, 6.07) is 0. The molecule has 0 bridgehead atoms. The molecule has 0 amide bonds. The van der Waals surface area contributed by atoms with E-state index in [-0.39, 0.29) is 70.5 Å². The van der Waals surface area contributed by atoms with E-state index >= 15 is 0 Å². The summed E-state index contributed by atoms with van der Waals surface area (Å²) in [6.07, 6.45) is -0.553. The number of rotatable bonds is 3. The number of hydrogen-bond acceptors (Lipinski definition) is 11. The summed E-state index contributed by atoms with van der Waals surface area (Å²) >= 11 is 0. The minimum absolute atomic E-state index is 0.0113. The van der Waals surface area contributed by atoms with Gasteiger partial charge in [-0.15, -0.1) is 0 Å². The third kappa shape index (κ3) is 3.70. The second-order valence-electron chi connectivity index (χ2n) is 18.9. The Balaban J connectivity index is 1.05. The minimum Gasteiger partial charge on any atom is -0.462 e. The Labute approximate surface area is 283 Å². The highest BCUT2D eigenvalue weighted by atomic mass is 16.8. The molecular formula is C37H56O11. The van der Waals surface area contributed by atoms with Gasteiger partial charge in [-0.3, -0.25) is 4.79 Å². The topological polar surface area (TPSA) is 157 Å². The summed E-state index contributed by atoms with van der Waals surface area (Å²) in [5.74, 6) is -0.435. The van der Waals surface area contributed by atoms with Gasteiger partial charge in [0.25, 0.3) is 0 Å². The van der Waals surface area contributed by atoms with E-state index in [1.807, 2.05) is 0 Å². The van der Waals surface area contributed by atoms with E-state index in [2.05, 4.69) is 41.5 Å². The van der Waals surface area contributed by atoms with E-state index in [0.29, 0.717) is 18.9 Å². The Hall–Kier alpha value is -0.890. The summed E-state index contributed by atoms with van der Waals surface area (Å²) in [5.41, 5.74) is -1.72. The molecule has 0 aromatic heterocycles. The maximum Gasteiger partial charge on any atom is 0.302 e. The van der Waals surface area contributed by atoms with Crippen molar-refractivity contribution < 1.29 is 53.6 Å². The zero-order valence-corrected chi connectivity index (χ0v) is 29.5. The first-order chi connectivity index (χ1) is 22.4. The van der Waals surface area contributed by atoms with E-state index in [1.54, 1.807) is 0 Å². The smallest absolute Gasteiger partial charge is 0.302 e. The van der Waals surface area contributed by atoms with Gasteiger partial charge in [-0.05, 0) is 79.4 Å². The fraction of sp³-hybridized carbons (Fsp3) is 0.973. The largest absolute Gasteiger partial charge is 0.462 e. The zero-order chi connectivity index (χ0) is 34.2. The maximum absolute atomic E-state index is 12.9. The predicted octanol–water partition coefficient (Wildman–Crippen LogP) is 2.68. The molecule has 4 N–H and O–H groups in total. The number of aliphatic hydroxyl groups is 4. The SMILES string of the molecule is CC(=O)O[C@@H]1C[C@@]23C[C@@]24CC[C@H](O[C@@H]2OC[C@@H](O)[C@H](O)[C@H]2O)C(C)(C)[C@@H]4CC[C@@H]3[C@]2(C)[C@@H](O)[C@@H]3O[C@]4(C[C@@H](C)[C@@H]3[C@@]12C)OC[C@@]1(C)O[C@@H]41. The fourth-order valence-electron chi connectivity index (χ4n) is 14.5. The zero-order valence-electron chi connectivity index (χ0n) is 29.5. The lowest BCUT2D eigenvalue weighted by Gasteiger charge is -2.65. The first-order valence-corrected chi connectivity index (χ1v) is 18.6. The Morgan fingerprint density at radius 1 is 0.854 bits per heavy atom. The van der Waals surface area contributed by atoms with Crippen LogP contribution in [0.4, 0.5) is 0 Å². The molecular weight excluding hydrogens is 620 g/mol. The lowest BCUT2D eigenvalue weighted by Crippen LogP contribution is -2.65. The van der Waals surface area contributed by atoms with Crippen LogP contribution in [-0.2, 0) is 33.2 Å². The number of esters is 1. The maximum atomic E-state index is 12.9. The Bertz CT molecular complexity index is 1390. The van der Waals surface area contributed by atoms with Crippen LogP contribution in [0.1, 0.15) is 93.4 Å². The fourth-order valence-corrected chi connectivity index (χ4v) is 14.5. The van der Waals surface area contributed by atoms with Gasteiger partial charge in [0, 0.05) is 30.1 Å². The first-order valence-electron chi connectivity index (χ1n) is 18.6. The summed E-state index contributed by atoms with van der Waals surface area (Å²) < 4.78 is 38.1. The van der Waals surface area contributed by atoms with E-state index in [1.165, 1.54) is 6.92 Å². The van der Waals surface area contributed by atoms with E-state index in [4.69, 9.17) is 28.4 Å². The second kappa shape index (κ2) is 9.75. The van der Waals surface area contributed by atoms with Gasteiger partial charge < -0.3 is 48.8 Å². The molecule has 0 aromatic carbocycles. The molecule has 4 aliphatic heterocycles. The highest BCUT2D eigenvalue weighted by Gasteiger charge is 2.88. The molecule has 19 atom stereocenters. The molecule has 11 nitrogen and oxygen atoms in total. The highest BCUT2D eigenvalue weighted by Crippen LogP contribution is 2.89. The standard InChI is InChI=1S/C37H56O11/c1-17-12-37(30-32(5,48-30)16-44-37)47-27-24(17)34(7)23(45-18(2)38)13-36-15-35(36)11-10-22(46-29-26(41)25(40)19(39)14-43-29)31(3,4)20(35)8-9-21(36)33(34,6)28(27)42/h17,19-30,39-42H,8-16H2,1-7H3/t17-,19-,20+,21-,22+,23-,24+,25+,26-,27-,28+,29+,30-,32-,33-,34-,35-,36+,37+/m1/s1. The predicted molar refractivity (Wildman–Crippen MR) is 168 cm³/mol. The van der Waals surface area contributed by atoms with Gasteiger partial charge in [0.05, 0.1) is 31.5 Å². The highest BCUT2D eigenvalue weighted by molar-refractivity contribution is 5.66. The van der Waals surface area contributed by atoms with Crippen LogP contribution >= 0.6 is 0 Å². The molecule has 4 heterocycles. The van der Waals surface area contributed by atoms with Crippen LogP contribution in [0.15, 0.2) is 0 Å². The van der Waals surface area contributed by atoms with Gasteiger partial charge in [0.15, 0.2) is 12.1 Å². The molecule has 9 fully saturated rings. The summed E-state index contributed by atoms with van der Waals surface area (Å²) in [7, 11) is 0. The minimum atomic E-state index is -1.32. The second-order valence-corrected chi connectivity index (χ2v) is 18.9. The van der Waals surface area contributed by atoms with Crippen LogP contribution in [0.2, 0.25) is 0 Å². The Kier molecular flexibility index (Phi) is 6.70. The molecule has 5 saturated carbocycles. The summed E-state index contributed by atoms with van der Waals surface area (Å²) in [6.45, 7) is 15.3. The number of ether oxygens (including phenoxy) is 6. The van der Waals surface area contributed by atoms with Crippen molar-refractivity contribution in [2.45, 2.75) is 160 Å². The van der Waals surface area contributed by atoms with E-state index in [0.717, 1.165) is 38.5 Å². The quantitative estimate of drug-likeness (QED) is 0.198. The van der Waals surface area contributed by atoms with Crippen LogP contribution in [0.25, 0.3) is 0 Å². The third-order valence-corrected chi connectivity index (χ3v) is 16.7. The monoisotopic (exact) mass is 676 g/mol. The molecule has 0 radical (unpaired) electrons. The van der Waals surface area contributed by atoms with Crippen molar-refractivity contribution in [3.8, 4) is 0 Å². The summed E-state index contributed by atoms with van der Waals surface area (Å²) in [5, 5.41) is 43.7. The Morgan fingerprint density at radius 3 is 2.25 bits per heavy atom. The molecule has 270 valence electrons. The molecule has 48 heavy (non-hydrogen) atoms.